The zero-order valence-electron chi connectivity index (χ0n) is 15.0. The zero-order chi connectivity index (χ0) is 20.4. The van der Waals surface area contributed by atoms with Crippen molar-refractivity contribution in [3.8, 4) is 0 Å². The lowest BCUT2D eigenvalue weighted by molar-refractivity contribution is -0.384. The number of carbonyl (C=O) groups excluding carboxylic acids is 1. The van der Waals surface area contributed by atoms with E-state index in [0.717, 1.165) is 11.0 Å². The molecule has 0 amide bonds. The quantitative estimate of drug-likeness (QED) is 0.205. The van der Waals surface area contributed by atoms with Crippen LogP contribution in [-0.4, -0.2) is 20.7 Å². The van der Waals surface area contributed by atoms with Crippen molar-refractivity contribution in [2.24, 2.45) is 0 Å². The molecule has 0 atom stereocenters. The van der Waals surface area contributed by atoms with E-state index < -0.39 is 4.92 Å². The maximum absolute atomic E-state index is 13.2. The maximum Gasteiger partial charge on any atom is 0.269 e. The number of imidazole rings is 1. The third kappa shape index (κ3) is 3.93. The van der Waals surface area contributed by atoms with Gasteiger partial charge in [0.15, 0.2) is 5.78 Å². The second kappa shape index (κ2) is 7.69. The molecule has 3 aromatic carbocycles. The lowest BCUT2D eigenvalue weighted by atomic mass is 10.0. The second-order valence-corrected chi connectivity index (χ2v) is 6.78. The Morgan fingerprint density at radius 1 is 1.00 bits per heavy atom. The van der Waals surface area contributed by atoms with Crippen LogP contribution in [0.5, 0.6) is 0 Å². The van der Waals surface area contributed by atoms with Gasteiger partial charge in [-0.2, -0.15) is 0 Å². The first-order chi connectivity index (χ1) is 14.0. The number of hydrogen-bond donors (Lipinski definition) is 1. The van der Waals surface area contributed by atoms with Gasteiger partial charge in [-0.3, -0.25) is 14.9 Å². The SMILES string of the molecule is O=C(/C(=C/c1ccc([N+](=O)[O-])cc1)c1nc2ccccc2[nH]1)c1ccc(Cl)cc1. The highest BCUT2D eigenvalue weighted by molar-refractivity contribution is 6.33. The van der Waals surface area contributed by atoms with Gasteiger partial charge in [0.1, 0.15) is 5.82 Å². The summed E-state index contributed by atoms with van der Waals surface area (Å²) in [7, 11) is 0. The largest absolute Gasteiger partial charge is 0.338 e. The number of nitrogens with one attached hydrogen (secondary N) is 1. The fourth-order valence-electron chi connectivity index (χ4n) is 2.94. The Kier molecular flexibility index (Phi) is 4.93. The summed E-state index contributed by atoms with van der Waals surface area (Å²) in [5.74, 6) is 0.184. The van der Waals surface area contributed by atoms with Crippen molar-refractivity contribution in [2.75, 3.05) is 0 Å². The van der Waals surface area contributed by atoms with Crippen LogP contribution in [0.2, 0.25) is 5.02 Å². The Morgan fingerprint density at radius 2 is 1.69 bits per heavy atom. The number of aromatic amines is 1. The van der Waals surface area contributed by atoms with E-state index in [-0.39, 0.29) is 11.5 Å². The van der Waals surface area contributed by atoms with Crippen LogP contribution in [0.1, 0.15) is 21.7 Å². The molecule has 0 unspecified atom stereocenters. The number of allylic oxidation sites excluding steroid dienone is 1. The number of nitro benzene ring substituents is 1. The molecule has 0 aliphatic carbocycles. The maximum atomic E-state index is 13.2. The summed E-state index contributed by atoms with van der Waals surface area (Å²) in [4.78, 5) is 31.4. The monoisotopic (exact) mass is 403 g/mol. The standard InChI is InChI=1S/C22H14ClN3O3/c23-16-9-7-15(8-10-16)21(27)18(13-14-5-11-17(12-6-14)26(28)29)22-24-19-3-1-2-4-20(19)25-22/h1-13H,(H,24,25)/b18-13-. The van der Waals surface area contributed by atoms with Crippen LogP contribution in [0.15, 0.2) is 72.8 Å². The van der Waals surface area contributed by atoms with E-state index in [4.69, 9.17) is 11.6 Å². The first-order valence-corrected chi connectivity index (χ1v) is 9.10. The van der Waals surface area contributed by atoms with Crippen LogP contribution in [-0.2, 0) is 0 Å². The van der Waals surface area contributed by atoms with Gasteiger partial charge in [0, 0.05) is 22.7 Å². The highest BCUT2D eigenvalue weighted by Crippen LogP contribution is 2.25. The summed E-state index contributed by atoms with van der Waals surface area (Å²) < 4.78 is 0. The number of fused-ring (bicyclic) bond motifs is 1. The molecule has 0 radical (unpaired) electrons. The van der Waals surface area contributed by atoms with Gasteiger partial charge in [0.25, 0.3) is 5.69 Å². The molecule has 6 nitrogen and oxygen atoms in total. The predicted octanol–water partition coefficient (Wildman–Crippen LogP) is 5.55. The number of para-hydroxylation sites is 2. The first-order valence-electron chi connectivity index (χ1n) is 8.73. The van der Waals surface area contributed by atoms with Crippen molar-refractivity contribution in [3.63, 3.8) is 0 Å². The van der Waals surface area contributed by atoms with Gasteiger partial charge in [-0.1, -0.05) is 23.7 Å². The molecule has 142 valence electrons. The minimum absolute atomic E-state index is 0.0172. The molecule has 1 aromatic heterocycles. The number of rotatable bonds is 5. The molecular weight excluding hydrogens is 390 g/mol. The van der Waals surface area contributed by atoms with Crippen LogP contribution in [0.3, 0.4) is 0 Å². The summed E-state index contributed by atoms with van der Waals surface area (Å²) in [5.41, 5.74) is 2.98. The van der Waals surface area contributed by atoms with Crippen molar-refractivity contribution in [1.29, 1.82) is 0 Å². The Bertz CT molecular complexity index is 1210. The van der Waals surface area contributed by atoms with Crippen molar-refractivity contribution in [2.45, 2.75) is 0 Å². The number of non-ortho nitro benzene ring substituents is 1. The molecule has 0 spiro atoms. The summed E-state index contributed by atoms with van der Waals surface area (Å²) in [6.07, 6.45) is 1.67. The molecule has 1 heterocycles. The predicted molar refractivity (Wildman–Crippen MR) is 113 cm³/mol. The van der Waals surface area contributed by atoms with Gasteiger partial charge >= 0.3 is 0 Å². The average Bonchev–Trinajstić information content (AvgIpc) is 3.16. The van der Waals surface area contributed by atoms with Gasteiger partial charge in [-0.25, -0.2) is 4.98 Å². The number of halogens is 1. The van der Waals surface area contributed by atoms with Gasteiger partial charge in [-0.05, 0) is 60.2 Å². The molecule has 7 heteroatoms. The van der Waals surface area contributed by atoms with E-state index in [1.165, 1.54) is 12.1 Å². The molecule has 29 heavy (non-hydrogen) atoms. The van der Waals surface area contributed by atoms with Gasteiger partial charge in [0.2, 0.25) is 0 Å². The van der Waals surface area contributed by atoms with E-state index >= 15 is 0 Å². The fraction of sp³-hybridized carbons (Fsp3) is 0. The number of benzene rings is 3. The number of aromatic nitrogens is 2. The fourth-order valence-corrected chi connectivity index (χ4v) is 3.06. The molecule has 0 bridgehead atoms. The van der Waals surface area contributed by atoms with E-state index in [0.29, 0.717) is 27.5 Å². The highest BCUT2D eigenvalue weighted by atomic mass is 35.5. The summed E-state index contributed by atoms with van der Waals surface area (Å²) in [6.45, 7) is 0. The number of nitrogens with zero attached hydrogens (tertiary/aromatic N) is 2. The number of hydrogen-bond acceptors (Lipinski definition) is 4. The Morgan fingerprint density at radius 3 is 2.34 bits per heavy atom. The Balaban J connectivity index is 1.82. The number of nitro groups is 1. The Labute approximate surface area is 170 Å². The van der Waals surface area contributed by atoms with Crippen molar-refractivity contribution < 1.29 is 9.72 Å². The molecule has 4 aromatic rings. The third-order valence-corrected chi connectivity index (χ3v) is 4.66. The lowest BCUT2D eigenvalue weighted by Crippen LogP contribution is -2.04. The van der Waals surface area contributed by atoms with Gasteiger partial charge < -0.3 is 4.98 Å². The topological polar surface area (TPSA) is 88.9 Å². The average molecular weight is 404 g/mol. The van der Waals surface area contributed by atoms with Crippen LogP contribution in [0.4, 0.5) is 5.69 Å². The van der Waals surface area contributed by atoms with Crippen LogP contribution in [0.25, 0.3) is 22.7 Å². The van der Waals surface area contributed by atoms with Gasteiger partial charge in [0.05, 0.1) is 21.5 Å². The van der Waals surface area contributed by atoms with Crippen molar-refractivity contribution >= 4 is 45.8 Å². The summed E-state index contributed by atoms with van der Waals surface area (Å²) in [6, 6.07) is 20.1. The normalized spacial score (nSPS) is 11.6. The van der Waals surface area contributed by atoms with Crippen LogP contribution in [0, 0.1) is 10.1 Å². The zero-order valence-corrected chi connectivity index (χ0v) is 15.8. The minimum atomic E-state index is -0.466. The highest BCUT2D eigenvalue weighted by Gasteiger charge is 2.18. The second-order valence-electron chi connectivity index (χ2n) is 6.35. The number of H-pyrrole nitrogens is 1. The Hall–Kier alpha value is -3.77. The lowest BCUT2D eigenvalue weighted by Gasteiger charge is -2.05. The smallest absolute Gasteiger partial charge is 0.269 e. The number of Topliss-reactive ketones (excluding diaryl/α,β-unsaturated/α-hetero) is 1. The third-order valence-electron chi connectivity index (χ3n) is 4.41. The summed E-state index contributed by atoms with van der Waals surface area (Å²) in [5, 5.41) is 11.4. The molecule has 0 aliphatic heterocycles. The molecular formula is C22H14ClN3O3. The molecule has 0 saturated heterocycles. The number of carbonyl (C=O) groups is 1. The van der Waals surface area contributed by atoms with Gasteiger partial charge in [-0.15, -0.1) is 0 Å². The van der Waals surface area contributed by atoms with Crippen LogP contribution >= 0.6 is 11.6 Å². The number of ketones is 1. The summed E-state index contributed by atoms with van der Waals surface area (Å²) >= 11 is 5.94. The van der Waals surface area contributed by atoms with Crippen molar-refractivity contribution in [1.82, 2.24) is 9.97 Å². The van der Waals surface area contributed by atoms with Crippen molar-refractivity contribution in [3.05, 3.63) is 105 Å². The molecule has 1 N–H and O–H groups in total. The van der Waals surface area contributed by atoms with E-state index in [9.17, 15) is 14.9 Å². The molecule has 4 rings (SSSR count). The minimum Gasteiger partial charge on any atom is -0.338 e. The molecule has 0 aliphatic rings. The first kappa shape index (κ1) is 18.6. The van der Waals surface area contributed by atoms with E-state index in [1.807, 2.05) is 24.3 Å². The van der Waals surface area contributed by atoms with Crippen LogP contribution < -0.4 is 0 Å². The van der Waals surface area contributed by atoms with E-state index in [1.54, 1.807) is 42.5 Å². The van der Waals surface area contributed by atoms with E-state index in [2.05, 4.69) is 9.97 Å². The molecule has 0 fully saturated rings. The molecule has 0 saturated carbocycles.